The number of anilines is 1. The number of thiazole rings is 1. The number of rotatable bonds is 4. The Morgan fingerprint density at radius 1 is 1.27 bits per heavy atom. The fourth-order valence-corrected chi connectivity index (χ4v) is 4.38. The van der Waals surface area contributed by atoms with Crippen LogP contribution in [0.3, 0.4) is 0 Å². The molecular weight excluding hydrogens is 374 g/mol. The van der Waals surface area contributed by atoms with Crippen LogP contribution in [0.5, 0.6) is 0 Å². The minimum atomic E-state index is -1.04. The highest BCUT2D eigenvalue weighted by atomic mass is 35.5. The Hall–Kier alpha value is -2.22. The van der Waals surface area contributed by atoms with Crippen LogP contribution in [0.2, 0.25) is 5.02 Å². The highest BCUT2D eigenvalue weighted by molar-refractivity contribution is 7.22. The van der Waals surface area contributed by atoms with Gasteiger partial charge in [0.15, 0.2) is 5.13 Å². The van der Waals surface area contributed by atoms with Crippen LogP contribution < -0.4 is 4.90 Å². The summed E-state index contributed by atoms with van der Waals surface area (Å²) in [5, 5.41) is 10.7. The summed E-state index contributed by atoms with van der Waals surface area (Å²) < 4.78 is 6.42. The number of carbonyl (C=O) groups is 1. The number of morpholine rings is 1. The third kappa shape index (κ3) is 3.51. The molecule has 8 heteroatoms. The molecule has 0 atom stereocenters. The summed E-state index contributed by atoms with van der Waals surface area (Å²) in [4.78, 5) is 22.4. The zero-order chi connectivity index (χ0) is 18.1. The van der Waals surface area contributed by atoms with Crippen molar-refractivity contribution < 1.29 is 14.6 Å². The van der Waals surface area contributed by atoms with Gasteiger partial charge in [-0.05, 0) is 29.8 Å². The van der Waals surface area contributed by atoms with Crippen LogP contribution in [0.25, 0.3) is 10.2 Å². The van der Waals surface area contributed by atoms with Crippen molar-refractivity contribution >= 4 is 44.3 Å². The maximum absolute atomic E-state index is 11.1. The van der Waals surface area contributed by atoms with Gasteiger partial charge in [-0.2, -0.15) is 0 Å². The molecule has 0 saturated carbocycles. The standard InChI is InChI=1S/C18H16ClN3O3S/c19-12-8-11(9-13-2-1-3-14(20-13)17(23)24)16-15(10-12)26-18(21-16)22-4-6-25-7-5-22/h1-3,8,10H,4-7,9H2,(H,23,24). The molecule has 134 valence electrons. The minimum Gasteiger partial charge on any atom is -0.477 e. The van der Waals surface area contributed by atoms with Crippen molar-refractivity contribution in [1.82, 2.24) is 9.97 Å². The first kappa shape index (κ1) is 17.2. The van der Waals surface area contributed by atoms with E-state index in [2.05, 4.69) is 9.88 Å². The number of hydrogen-bond acceptors (Lipinski definition) is 6. The second kappa shape index (κ2) is 7.19. The van der Waals surface area contributed by atoms with Crippen LogP contribution >= 0.6 is 22.9 Å². The summed E-state index contributed by atoms with van der Waals surface area (Å²) in [5.41, 5.74) is 2.55. The van der Waals surface area contributed by atoms with Crippen molar-refractivity contribution in [1.29, 1.82) is 0 Å². The molecule has 0 aliphatic carbocycles. The Morgan fingerprint density at radius 2 is 2.08 bits per heavy atom. The molecule has 0 radical (unpaired) electrons. The molecule has 3 heterocycles. The van der Waals surface area contributed by atoms with Gasteiger partial charge in [0.1, 0.15) is 5.69 Å². The Kier molecular flexibility index (Phi) is 4.76. The summed E-state index contributed by atoms with van der Waals surface area (Å²) in [6.45, 7) is 3.06. The van der Waals surface area contributed by atoms with E-state index >= 15 is 0 Å². The van der Waals surface area contributed by atoms with Crippen molar-refractivity contribution in [3.63, 3.8) is 0 Å². The maximum Gasteiger partial charge on any atom is 0.354 e. The number of ether oxygens (including phenoxy) is 1. The molecule has 1 fully saturated rings. The largest absolute Gasteiger partial charge is 0.477 e. The summed E-state index contributed by atoms with van der Waals surface area (Å²) in [6, 6.07) is 8.80. The molecule has 1 aromatic carbocycles. The van der Waals surface area contributed by atoms with Gasteiger partial charge in [-0.3, -0.25) is 0 Å². The molecule has 26 heavy (non-hydrogen) atoms. The number of hydrogen-bond donors (Lipinski definition) is 1. The number of aromatic carboxylic acids is 1. The van der Waals surface area contributed by atoms with Crippen molar-refractivity contribution in [2.24, 2.45) is 0 Å². The van der Waals surface area contributed by atoms with Crippen LogP contribution in [-0.4, -0.2) is 47.3 Å². The SMILES string of the molecule is O=C(O)c1cccc(Cc2cc(Cl)cc3sc(N4CCOCC4)nc23)n1. The van der Waals surface area contributed by atoms with Crippen molar-refractivity contribution in [3.8, 4) is 0 Å². The van der Waals surface area contributed by atoms with Gasteiger partial charge in [-0.15, -0.1) is 0 Å². The monoisotopic (exact) mass is 389 g/mol. The predicted octanol–water partition coefficient (Wildman–Crippen LogP) is 3.47. The lowest BCUT2D eigenvalue weighted by Gasteiger charge is -2.25. The van der Waals surface area contributed by atoms with E-state index in [-0.39, 0.29) is 5.69 Å². The molecule has 1 aliphatic rings. The molecule has 0 bridgehead atoms. The average Bonchev–Trinajstić information content (AvgIpc) is 3.07. The van der Waals surface area contributed by atoms with Gasteiger partial charge in [0.25, 0.3) is 0 Å². The van der Waals surface area contributed by atoms with Crippen molar-refractivity contribution in [2.75, 3.05) is 31.2 Å². The van der Waals surface area contributed by atoms with Gasteiger partial charge in [0.05, 0.1) is 23.4 Å². The first-order valence-corrected chi connectivity index (χ1v) is 9.40. The summed E-state index contributed by atoms with van der Waals surface area (Å²) in [6.07, 6.45) is 0.477. The predicted molar refractivity (Wildman–Crippen MR) is 102 cm³/mol. The average molecular weight is 390 g/mol. The maximum atomic E-state index is 11.1. The molecule has 1 N–H and O–H groups in total. The zero-order valence-electron chi connectivity index (χ0n) is 13.8. The second-order valence-corrected chi connectivity index (χ2v) is 7.45. The highest BCUT2D eigenvalue weighted by Gasteiger charge is 2.18. The fourth-order valence-electron chi connectivity index (χ4n) is 2.97. The Morgan fingerprint density at radius 3 is 2.85 bits per heavy atom. The minimum absolute atomic E-state index is 0.0352. The van der Waals surface area contributed by atoms with Crippen LogP contribution in [0.15, 0.2) is 30.3 Å². The molecule has 0 spiro atoms. The summed E-state index contributed by atoms with van der Waals surface area (Å²) in [7, 11) is 0. The number of halogens is 1. The number of aromatic nitrogens is 2. The number of benzene rings is 1. The number of carboxylic acid groups (broad SMARTS) is 1. The Balaban J connectivity index is 1.71. The van der Waals surface area contributed by atoms with E-state index in [1.165, 1.54) is 6.07 Å². The lowest BCUT2D eigenvalue weighted by molar-refractivity contribution is 0.0690. The highest BCUT2D eigenvalue weighted by Crippen LogP contribution is 2.34. The van der Waals surface area contributed by atoms with Crippen LogP contribution in [0.4, 0.5) is 5.13 Å². The molecule has 6 nitrogen and oxygen atoms in total. The van der Waals surface area contributed by atoms with Gasteiger partial charge in [0.2, 0.25) is 0 Å². The van der Waals surface area contributed by atoms with Gasteiger partial charge in [0, 0.05) is 30.2 Å². The van der Waals surface area contributed by atoms with E-state index in [0.29, 0.717) is 30.4 Å². The normalized spacial score (nSPS) is 14.7. The van der Waals surface area contributed by atoms with Gasteiger partial charge < -0.3 is 14.7 Å². The Labute approximate surface area is 159 Å². The number of pyridine rings is 1. The first-order valence-electron chi connectivity index (χ1n) is 8.21. The van der Waals surface area contributed by atoms with E-state index in [0.717, 1.165) is 34.0 Å². The third-order valence-corrected chi connectivity index (χ3v) is 5.49. The van der Waals surface area contributed by atoms with E-state index in [1.54, 1.807) is 17.4 Å². The first-order chi connectivity index (χ1) is 12.6. The second-order valence-electron chi connectivity index (χ2n) is 6.00. The molecule has 4 rings (SSSR count). The van der Waals surface area contributed by atoms with Crippen molar-refractivity contribution in [3.05, 3.63) is 52.3 Å². The number of carboxylic acids is 1. The molecule has 0 unspecified atom stereocenters. The quantitative estimate of drug-likeness (QED) is 0.736. The molecule has 0 amide bonds. The van der Waals surface area contributed by atoms with Crippen LogP contribution in [-0.2, 0) is 11.2 Å². The van der Waals surface area contributed by atoms with E-state index < -0.39 is 5.97 Å². The van der Waals surface area contributed by atoms with E-state index in [1.807, 2.05) is 18.2 Å². The molecular formula is C18H16ClN3O3S. The molecule has 2 aromatic heterocycles. The number of fused-ring (bicyclic) bond motifs is 1. The van der Waals surface area contributed by atoms with E-state index in [4.69, 9.17) is 26.4 Å². The molecule has 1 aliphatic heterocycles. The lowest BCUT2D eigenvalue weighted by atomic mass is 10.1. The molecule has 3 aromatic rings. The Bertz CT molecular complexity index is 969. The van der Waals surface area contributed by atoms with Gasteiger partial charge >= 0.3 is 5.97 Å². The van der Waals surface area contributed by atoms with Gasteiger partial charge in [-0.25, -0.2) is 14.8 Å². The summed E-state index contributed by atoms with van der Waals surface area (Å²) in [5.74, 6) is -1.04. The fraction of sp³-hybridized carbons (Fsp3) is 0.278. The topological polar surface area (TPSA) is 75.5 Å². The van der Waals surface area contributed by atoms with E-state index in [9.17, 15) is 4.79 Å². The summed E-state index contributed by atoms with van der Waals surface area (Å²) >= 11 is 7.91. The lowest BCUT2D eigenvalue weighted by Crippen LogP contribution is -2.36. The van der Waals surface area contributed by atoms with Gasteiger partial charge in [-0.1, -0.05) is 29.0 Å². The zero-order valence-corrected chi connectivity index (χ0v) is 15.4. The third-order valence-electron chi connectivity index (χ3n) is 4.21. The van der Waals surface area contributed by atoms with Crippen LogP contribution in [0, 0.1) is 0 Å². The van der Waals surface area contributed by atoms with Crippen LogP contribution in [0.1, 0.15) is 21.7 Å². The number of nitrogens with zero attached hydrogens (tertiary/aromatic N) is 3. The smallest absolute Gasteiger partial charge is 0.354 e. The van der Waals surface area contributed by atoms with Crippen molar-refractivity contribution in [2.45, 2.75) is 6.42 Å². The molecule has 1 saturated heterocycles.